The fraction of sp³-hybridized carbons (Fsp3) is 0.778. The molecule has 1 aliphatic carbocycles. The molecule has 1 amide bonds. The number of hydrogen-bond donors (Lipinski definition) is 1. The zero-order chi connectivity index (χ0) is 16.2. The van der Waals surface area contributed by atoms with Crippen LogP contribution in [-0.4, -0.2) is 45.3 Å². The Kier molecular flexibility index (Phi) is 3.52. The fourth-order valence-corrected chi connectivity index (χ4v) is 5.33. The second-order valence-corrected chi connectivity index (χ2v) is 8.06. The van der Waals surface area contributed by atoms with Gasteiger partial charge in [-0.25, -0.2) is 0 Å². The molecule has 3 aliphatic rings. The smallest absolute Gasteiger partial charge is 0.244 e. The van der Waals surface area contributed by atoms with Crippen LogP contribution in [-0.2, 0) is 11.3 Å². The van der Waals surface area contributed by atoms with Crippen LogP contribution in [0.5, 0.6) is 0 Å². The lowest BCUT2D eigenvalue weighted by molar-refractivity contribution is -0.139. The number of carbonyl (C=O) groups is 1. The molecule has 0 aromatic carbocycles. The molecule has 1 saturated carbocycles. The van der Waals surface area contributed by atoms with E-state index in [4.69, 9.17) is 0 Å². The third-order valence-electron chi connectivity index (χ3n) is 6.40. The van der Waals surface area contributed by atoms with Crippen LogP contribution in [0.4, 0.5) is 0 Å². The minimum atomic E-state index is 0.237. The summed E-state index contributed by atoms with van der Waals surface area (Å²) >= 11 is 0. The molecule has 126 valence electrons. The summed E-state index contributed by atoms with van der Waals surface area (Å²) in [7, 11) is 0. The van der Waals surface area contributed by atoms with Gasteiger partial charge in [0.05, 0.1) is 5.69 Å². The van der Waals surface area contributed by atoms with Crippen molar-refractivity contribution in [2.75, 3.05) is 6.54 Å². The van der Waals surface area contributed by atoms with Crippen molar-refractivity contribution in [2.24, 2.45) is 5.41 Å². The largest absolute Gasteiger partial charge is 0.336 e. The Morgan fingerprint density at radius 3 is 2.91 bits per heavy atom. The summed E-state index contributed by atoms with van der Waals surface area (Å²) in [5.74, 6) is 0.237. The monoisotopic (exact) mass is 316 g/mol. The van der Waals surface area contributed by atoms with Crippen LogP contribution >= 0.6 is 0 Å². The van der Waals surface area contributed by atoms with E-state index in [0.29, 0.717) is 24.7 Å². The number of nitrogens with zero attached hydrogens (tertiary/aromatic N) is 3. The highest BCUT2D eigenvalue weighted by molar-refractivity contribution is 5.77. The van der Waals surface area contributed by atoms with E-state index in [0.717, 1.165) is 24.4 Å². The predicted molar refractivity (Wildman–Crippen MR) is 89.1 cm³/mol. The summed E-state index contributed by atoms with van der Waals surface area (Å²) in [4.78, 5) is 15.2. The van der Waals surface area contributed by atoms with Gasteiger partial charge in [-0.2, -0.15) is 5.10 Å². The highest BCUT2D eigenvalue weighted by Crippen LogP contribution is 2.48. The lowest BCUT2D eigenvalue weighted by atomic mass is 9.71. The summed E-state index contributed by atoms with van der Waals surface area (Å²) in [6.07, 6.45) is 6.18. The highest BCUT2D eigenvalue weighted by atomic mass is 16.2. The molecule has 2 bridgehead atoms. The van der Waals surface area contributed by atoms with E-state index in [1.165, 1.54) is 25.7 Å². The topological polar surface area (TPSA) is 50.2 Å². The summed E-state index contributed by atoms with van der Waals surface area (Å²) in [5.41, 5.74) is 2.31. The van der Waals surface area contributed by atoms with E-state index in [1.54, 1.807) is 0 Å². The molecule has 4 atom stereocenters. The highest BCUT2D eigenvalue weighted by Gasteiger charge is 2.55. The molecule has 4 rings (SSSR count). The normalized spacial score (nSPS) is 36.1. The maximum atomic E-state index is 13.0. The van der Waals surface area contributed by atoms with Gasteiger partial charge in [-0.05, 0) is 39.2 Å². The van der Waals surface area contributed by atoms with Crippen molar-refractivity contribution in [3.05, 3.63) is 17.5 Å². The van der Waals surface area contributed by atoms with Gasteiger partial charge >= 0.3 is 0 Å². The number of fused-ring (bicyclic) bond motifs is 1. The molecule has 5 heteroatoms. The number of nitrogens with one attached hydrogen (secondary N) is 1. The molecule has 1 aromatic heterocycles. The lowest BCUT2D eigenvalue weighted by Crippen LogP contribution is -2.56. The molecular formula is C18H28N4O. The van der Waals surface area contributed by atoms with Crippen molar-refractivity contribution in [3.8, 4) is 0 Å². The van der Waals surface area contributed by atoms with Crippen LogP contribution in [0, 0.1) is 19.3 Å². The molecule has 1 N–H and O–H groups in total. The molecule has 1 aromatic rings. The van der Waals surface area contributed by atoms with Crippen LogP contribution < -0.4 is 5.32 Å². The predicted octanol–water partition coefficient (Wildman–Crippen LogP) is 2.02. The van der Waals surface area contributed by atoms with Crippen LogP contribution in [0.15, 0.2) is 6.07 Å². The van der Waals surface area contributed by atoms with Gasteiger partial charge in [0, 0.05) is 35.8 Å². The van der Waals surface area contributed by atoms with E-state index in [-0.39, 0.29) is 11.3 Å². The molecule has 2 aliphatic heterocycles. The minimum absolute atomic E-state index is 0.237. The lowest BCUT2D eigenvalue weighted by Gasteiger charge is -2.46. The quantitative estimate of drug-likeness (QED) is 0.908. The summed E-state index contributed by atoms with van der Waals surface area (Å²) in [5, 5.41) is 8.28. The van der Waals surface area contributed by atoms with Gasteiger partial charge in [0.15, 0.2) is 0 Å². The molecule has 23 heavy (non-hydrogen) atoms. The third-order valence-corrected chi connectivity index (χ3v) is 6.40. The SMILES string of the molecule is Cc1cc(C)n(CC(=O)N2C[C@@H]3C[C@@]4(C)[C@H](CCCC[C@@H]24)N3)n1. The first-order valence-corrected chi connectivity index (χ1v) is 9.04. The van der Waals surface area contributed by atoms with Gasteiger partial charge in [0.25, 0.3) is 0 Å². The first-order valence-electron chi connectivity index (χ1n) is 9.04. The van der Waals surface area contributed by atoms with Crippen LogP contribution in [0.1, 0.15) is 50.4 Å². The molecule has 3 fully saturated rings. The number of carbonyl (C=O) groups excluding carboxylic acids is 1. The summed E-state index contributed by atoms with van der Waals surface area (Å²) < 4.78 is 1.86. The zero-order valence-corrected chi connectivity index (χ0v) is 14.5. The maximum Gasteiger partial charge on any atom is 0.244 e. The van der Waals surface area contributed by atoms with Gasteiger partial charge in [0.2, 0.25) is 5.91 Å². The van der Waals surface area contributed by atoms with Crippen molar-refractivity contribution in [3.63, 3.8) is 0 Å². The fourth-order valence-electron chi connectivity index (χ4n) is 5.33. The van der Waals surface area contributed by atoms with Crippen molar-refractivity contribution in [1.82, 2.24) is 20.0 Å². The Bertz CT molecular complexity index is 625. The number of piperidine rings is 1. The van der Waals surface area contributed by atoms with E-state index >= 15 is 0 Å². The Balaban J connectivity index is 1.58. The van der Waals surface area contributed by atoms with Crippen molar-refractivity contribution >= 4 is 5.91 Å². The number of aromatic nitrogens is 2. The average molecular weight is 316 g/mol. The number of likely N-dealkylation sites (tertiary alicyclic amines) is 1. The Morgan fingerprint density at radius 1 is 1.39 bits per heavy atom. The Labute approximate surface area is 138 Å². The van der Waals surface area contributed by atoms with E-state index in [1.807, 2.05) is 24.6 Å². The van der Waals surface area contributed by atoms with Crippen LogP contribution in [0.2, 0.25) is 0 Å². The first-order chi connectivity index (χ1) is 11.0. The van der Waals surface area contributed by atoms with Crippen LogP contribution in [0.3, 0.4) is 0 Å². The standard InChI is InChI=1S/C18H28N4O/c1-12-8-13(2)22(20-12)11-17(23)21-10-14-9-18(3)15(19-14)6-4-5-7-16(18)21/h8,14-16,19H,4-7,9-11H2,1-3H3/t14-,15-,16+,18-/m0/s1. The average Bonchev–Trinajstić information content (AvgIpc) is 2.88. The minimum Gasteiger partial charge on any atom is -0.336 e. The van der Waals surface area contributed by atoms with Gasteiger partial charge < -0.3 is 10.2 Å². The van der Waals surface area contributed by atoms with Crippen molar-refractivity contribution in [2.45, 2.75) is 77.5 Å². The molecule has 0 unspecified atom stereocenters. The number of rotatable bonds is 2. The van der Waals surface area contributed by atoms with Gasteiger partial charge in [-0.3, -0.25) is 9.48 Å². The molecule has 5 nitrogen and oxygen atoms in total. The Morgan fingerprint density at radius 2 is 2.17 bits per heavy atom. The summed E-state index contributed by atoms with van der Waals surface area (Å²) in [6.45, 7) is 7.66. The molecule has 0 spiro atoms. The van der Waals surface area contributed by atoms with Crippen LogP contribution in [0.25, 0.3) is 0 Å². The van der Waals surface area contributed by atoms with Crippen molar-refractivity contribution < 1.29 is 4.79 Å². The Hall–Kier alpha value is -1.36. The van der Waals surface area contributed by atoms with Gasteiger partial charge in [-0.15, -0.1) is 0 Å². The van der Waals surface area contributed by atoms with Crippen molar-refractivity contribution in [1.29, 1.82) is 0 Å². The number of hydrogen-bond acceptors (Lipinski definition) is 3. The molecular weight excluding hydrogens is 288 g/mol. The zero-order valence-electron chi connectivity index (χ0n) is 14.5. The van der Waals surface area contributed by atoms with Gasteiger partial charge in [-0.1, -0.05) is 19.8 Å². The molecule has 2 saturated heterocycles. The maximum absolute atomic E-state index is 13.0. The molecule has 0 radical (unpaired) electrons. The molecule has 3 heterocycles. The van der Waals surface area contributed by atoms with Gasteiger partial charge in [0.1, 0.15) is 6.54 Å². The first kappa shape index (κ1) is 15.2. The van der Waals surface area contributed by atoms with E-state index in [2.05, 4.69) is 22.2 Å². The number of aryl methyl sites for hydroxylation is 2. The third kappa shape index (κ3) is 2.40. The summed E-state index contributed by atoms with van der Waals surface area (Å²) in [6, 6.07) is 3.50. The second-order valence-electron chi connectivity index (χ2n) is 8.06. The van der Waals surface area contributed by atoms with E-state index in [9.17, 15) is 4.79 Å². The number of amides is 1. The second kappa shape index (κ2) is 5.33. The van der Waals surface area contributed by atoms with E-state index < -0.39 is 0 Å².